The van der Waals surface area contributed by atoms with Crippen molar-refractivity contribution in [3.05, 3.63) is 52.6 Å². The highest BCUT2D eigenvalue weighted by Crippen LogP contribution is 2.29. The lowest BCUT2D eigenvalue weighted by Gasteiger charge is -2.04. The molecule has 0 radical (unpaired) electrons. The summed E-state index contributed by atoms with van der Waals surface area (Å²) in [6, 6.07) is 10.1. The van der Waals surface area contributed by atoms with Gasteiger partial charge in [0.05, 0.1) is 5.52 Å². The summed E-state index contributed by atoms with van der Waals surface area (Å²) in [5.74, 6) is 0.796. The molecule has 2 heterocycles. The zero-order valence-corrected chi connectivity index (χ0v) is 11.7. The average molecular weight is 293 g/mol. The van der Waals surface area contributed by atoms with Crippen LogP contribution in [-0.4, -0.2) is 9.97 Å². The summed E-state index contributed by atoms with van der Waals surface area (Å²) in [6.45, 7) is 0. The van der Waals surface area contributed by atoms with Gasteiger partial charge in [-0.3, -0.25) is 0 Å². The molecule has 5 heteroatoms. The Hall–Kier alpha value is -1.10. The molecule has 0 spiro atoms. The molecule has 2 aromatic heterocycles. The Balaban J connectivity index is 1.89. The topological polar surface area (TPSA) is 25.8 Å². The van der Waals surface area contributed by atoms with E-state index in [4.69, 9.17) is 11.6 Å². The van der Waals surface area contributed by atoms with Crippen LogP contribution in [0.25, 0.3) is 10.9 Å². The van der Waals surface area contributed by atoms with Crippen molar-refractivity contribution in [3.8, 4) is 0 Å². The van der Waals surface area contributed by atoms with Crippen LogP contribution >= 0.6 is 34.7 Å². The maximum atomic E-state index is 6.20. The lowest BCUT2D eigenvalue weighted by Crippen LogP contribution is -1.88. The van der Waals surface area contributed by atoms with Gasteiger partial charge < -0.3 is 0 Å². The van der Waals surface area contributed by atoms with Gasteiger partial charge in [0.1, 0.15) is 9.49 Å². The molecule has 0 bridgehead atoms. The van der Waals surface area contributed by atoms with E-state index in [9.17, 15) is 0 Å². The van der Waals surface area contributed by atoms with E-state index in [1.807, 2.05) is 29.8 Å². The molecular weight excluding hydrogens is 284 g/mol. The maximum Gasteiger partial charge on any atom is 0.150 e. The van der Waals surface area contributed by atoms with Crippen LogP contribution < -0.4 is 0 Å². The van der Waals surface area contributed by atoms with E-state index in [1.54, 1.807) is 23.1 Å². The zero-order chi connectivity index (χ0) is 12.4. The van der Waals surface area contributed by atoms with Gasteiger partial charge in [0.15, 0.2) is 0 Å². The van der Waals surface area contributed by atoms with Crippen molar-refractivity contribution in [2.75, 3.05) is 0 Å². The molecule has 0 atom stereocenters. The average Bonchev–Trinajstić information content (AvgIpc) is 2.89. The minimum Gasteiger partial charge on any atom is -0.238 e. The summed E-state index contributed by atoms with van der Waals surface area (Å²) in [5, 5.41) is 3.68. The van der Waals surface area contributed by atoms with Crippen LogP contribution in [-0.2, 0) is 5.75 Å². The van der Waals surface area contributed by atoms with Crippen LogP contribution in [0.15, 0.2) is 46.2 Å². The fourth-order valence-corrected chi connectivity index (χ4v) is 3.56. The third-order valence-electron chi connectivity index (χ3n) is 2.51. The predicted molar refractivity (Wildman–Crippen MR) is 78.4 cm³/mol. The van der Waals surface area contributed by atoms with E-state index in [-0.39, 0.29) is 0 Å². The summed E-state index contributed by atoms with van der Waals surface area (Å²) in [5.41, 5.74) is 1.99. The molecule has 0 saturated carbocycles. The largest absolute Gasteiger partial charge is 0.238 e. The molecule has 0 fully saturated rings. The Morgan fingerprint density at radius 3 is 3.00 bits per heavy atom. The number of pyridine rings is 1. The highest BCUT2D eigenvalue weighted by molar-refractivity contribution is 8.00. The first-order chi connectivity index (χ1) is 8.83. The second-order valence-electron chi connectivity index (χ2n) is 3.72. The van der Waals surface area contributed by atoms with Crippen LogP contribution in [0, 0.1) is 0 Å². The Morgan fingerprint density at radius 2 is 2.17 bits per heavy atom. The van der Waals surface area contributed by atoms with E-state index in [1.165, 1.54) is 0 Å². The van der Waals surface area contributed by atoms with Gasteiger partial charge in [-0.25, -0.2) is 9.97 Å². The fourth-order valence-electron chi connectivity index (χ4n) is 1.66. The van der Waals surface area contributed by atoms with Gasteiger partial charge in [0, 0.05) is 28.3 Å². The second-order valence-corrected chi connectivity index (χ2v) is 6.19. The second kappa shape index (κ2) is 5.26. The standard InChI is InChI=1S/C13H9ClN2S2/c14-12-10(8-18-13-15-5-6-17-13)7-9-3-1-2-4-11(9)16-12/h1-7H,8H2. The molecule has 3 aromatic rings. The molecule has 0 amide bonds. The van der Waals surface area contributed by atoms with Gasteiger partial charge in [0.25, 0.3) is 0 Å². The first-order valence-electron chi connectivity index (χ1n) is 5.39. The molecule has 1 aromatic carbocycles. The molecule has 0 aliphatic heterocycles. The van der Waals surface area contributed by atoms with E-state index in [2.05, 4.69) is 22.1 Å². The highest BCUT2D eigenvalue weighted by Gasteiger charge is 2.06. The number of hydrogen-bond donors (Lipinski definition) is 0. The summed E-state index contributed by atoms with van der Waals surface area (Å²) < 4.78 is 1.05. The van der Waals surface area contributed by atoms with Crippen LogP contribution in [0.2, 0.25) is 5.15 Å². The van der Waals surface area contributed by atoms with E-state index >= 15 is 0 Å². The van der Waals surface area contributed by atoms with Crippen molar-refractivity contribution >= 4 is 45.6 Å². The Bertz CT molecular complexity index is 668. The van der Waals surface area contributed by atoms with Gasteiger partial charge in [-0.1, -0.05) is 41.6 Å². The quantitative estimate of drug-likeness (QED) is 0.520. The Morgan fingerprint density at radius 1 is 1.28 bits per heavy atom. The summed E-state index contributed by atoms with van der Waals surface area (Å²) in [7, 11) is 0. The number of halogens is 1. The van der Waals surface area contributed by atoms with Gasteiger partial charge in [-0.15, -0.1) is 11.3 Å². The van der Waals surface area contributed by atoms with Crippen LogP contribution in [0.3, 0.4) is 0 Å². The number of hydrogen-bond acceptors (Lipinski definition) is 4. The van der Waals surface area contributed by atoms with Crippen molar-refractivity contribution < 1.29 is 0 Å². The van der Waals surface area contributed by atoms with Crippen molar-refractivity contribution in [1.29, 1.82) is 0 Å². The third kappa shape index (κ3) is 2.51. The molecule has 90 valence electrons. The molecular formula is C13H9ClN2S2. The number of fused-ring (bicyclic) bond motifs is 1. The SMILES string of the molecule is Clc1nc2ccccc2cc1CSc1nccs1. The Labute approximate surface area is 118 Å². The van der Waals surface area contributed by atoms with E-state index < -0.39 is 0 Å². The van der Waals surface area contributed by atoms with Gasteiger partial charge in [-0.05, 0) is 12.1 Å². The highest BCUT2D eigenvalue weighted by atomic mass is 35.5. The molecule has 18 heavy (non-hydrogen) atoms. The fraction of sp³-hybridized carbons (Fsp3) is 0.0769. The van der Waals surface area contributed by atoms with Crippen LogP contribution in [0.1, 0.15) is 5.56 Å². The molecule has 0 N–H and O–H groups in total. The van der Waals surface area contributed by atoms with Crippen molar-refractivity contribution in [3.63, 3.8) is 0 Å². The molecule has 0 saturated heterocycles. The molecule has 2 nitrogen and oxygen atoms in total. The number of thiazole rings is 1. The first-order valence-corrected chi connectivity index (χ1v) is 7.64. The van der Waals surface area contributed by atoms with E-state index in [0.29, 0.717) is 5.15 Å². The van der Waals surface area contributed by atoms with Gasteiger partial charge >= 0.3 is 0 Å². The van der Waals surface area contributed by atoms with E-state index in [0.717, 1.165) is 26.6 Å². The lowest BCUT2D eigenvalue weighted by molar-refractivity contribution is 1.24. The van der Waals surface area contributed by atoms with Crippen molar-refractivity contribution in [1.82, 2.24) is 9.97 Å². The number of aromatic nitrogens is 2. The van der Waals surface area contributed by atoms with Crippen molar-refractivity contribution in [2.24, 2.45) is 0 Å². The molecule has 0 aliphatic carbocycles. The van der Waals surface area contributed by atoms with Gasteiger partial charge in [-0.2, -0.15) is 0 Å². The normalized spacial score (nSPS) is 10.9. The van der Waals surface area contributed by atoms with Crippen LogP contribution in [0.4, 0.5) is 0 Å². The zero-order valence-electron chi connectivity index (χ0n) is 9.34. The molecule has 3 rings (SSSR count). The monoisotopic (exact) mass is 292 g/mol. The van der Waals surface area contributed by atoms with Crippen LogP contribution in [0.5, 0.6) is 0 Å². The van der Waals surface area contributed by atoms with Crippen molar-refractivity contribution in [2.45, 2.75) is 10.1 Å². The number of rotatable bonds is 3. The minimum absolute atomic E-state index is 0.581. The minimum atomic E-state index is 0.581. The molecule has 0 unspecified atom stereocenters. The predicted octanol–water partition coefficient (Wildman–Crippen LogP) is 4.64. The Kier molecular flexibility index (Phi) is 3.50. The lowest BCUT2D eigenvalue weighted by atomic mass is 10.2. The number of thioether (sulfide) groups is 1. The smallest absolute Gasteiger partial charge is 0.150 e. The number of para-hydroxylation sites is 1. The summed E-state index contributed by atoms with van der Waals surface area (Å²) in [6.07, 6.45) is 1.81. The third-order valence-corrected chi connectivity index (χ3v) is 4.85. The summed E-state index contributed by atoms with van der Waals surface area (Å²) in [4.78, 5) is 8.65. The maximum absolute atomic E-state index is 6.20. The first kappa shape index (κ1) is 12.0. The number of benzene rings is 1. The number of nitrogens with zero attached hydrogens (tertiary/aromatic N) is 2. The molecule has 0 aliphatic rings. The summed E-state index contributed by atoms with van der Waals surface area (Å²) >= 11 is 9.53. The van der Waals surface area contributed by atoms with Gasteiger partial charge in [0.2, 0.25) is 0 Å².